The highest BCUT2D eigenvalue weighted by Gasteiger charge is 2.11. The fraction of sp³-hybridized carbons (Fsp3) is 0.222. The van der Waals surface area contributed by atoms with E-state index in [-0.39, 0.29) is 0 Å². The molecule has 24 heavy (non-hydrogen) atoms. The number of rotatable bonds is 5. The topological polar surface area (TPSA) is 43.2 Å². The van der Waals surface area contributed by atoms with Gasteiger partial charge in [-0.05, 0) is 48.5 Å². The zero-order valence-electron chi connectivity index (χ0n) is 13.0. The van der Waals surface area contributed by atoms with Gasteiger partial charge in [-0.25, -0.2) is 9.98 Å². The molecule has 2 heterocycles. The normalized spacial score (nSPS) is 16.3. The van der Waals surface area contributed by atoms with Crippen LogP contribution < -0.4 is 0 Å². The number of nitrogens with zero attached hydrogens (tertiary/aromatic N) is 2. The van der Waals surface area contributed by atoms with Crippen LogP contribution in [0.4, 0.5) is 0 Å². The van der Waals surface area contributed by atoms with Crippen molar-refractivity contribution in [2.24, 2.45) is 9.98 Å². The molecule has 0 bridgehead atoms. The zero-order valence-corrected chi connectivity index (χ0v) is 14.6. The van der Waals surface area contributed by atoms with Gasteiger partial charge in [0.05, 0.1) is 13.1 Å². The molecule has 0 fully saturated rings. The van der Waals surface area contributed by atoms with Crippen molar-refractivity contribution in [2.45, 2.75) is 9.79 Å². The van der Waals surface area contributed by atoms with Crippen molar-refractivity contribution < 1.29 is 9.47 Å². The fourth-order valence-electron chi connectivity index (χ4n) is 2.42. The molecule has 6 heteroatoms. The van der Waals surface area contributed by atoms with E-state index in [1.54, 1.807) is 21.6 Å². The third kappa shape index (κ3) is 3.60. The number of hydrogen-bond donors (Lipinski definition) is 0. The minimum Gasteiger partial charge on any atom is -0.476 e. The van der Waals surface area contributed by atoms with Crippen LogP contribution in [-0.2, 0) is 9.47 Å². The summed E-state index contributed by atoms with van der Waals surface area (Å²) in [6, 6.07) is 16.7. The molecular formula is C18H16N2O2S2. The lowest BCUT2D eigenvalue weighted by molar-refractivity contribution is 0.348. The molecule has 2 aromatic rings. The van der Waals surface area contributed by atoms with Gasteiger partial charge >= 0.3 is 0 Å². The molecule has 2 aliphatic heterocycles. The fourth-order valence-corrected chi connectivity index (χ4v) is 4.35. The van der Waals surface area contributed by atoms with Gasteiger partial charge in [-0.2, -0.15) is 0 Å². The van der Waals surface area contributed by atoms with Crippen LogP contribution in [-0.4, -0.2) is 38.1 Å². The average Bonchev–Trinajstić information content (AvgIpc) is 3.34. The lowest BCUT2D eigenvalue weighted by Crippen LogP contribution is -2.00. The summed E-state index contributed by atoms with van der Waals surface area (Å²) in [6.07, 6.45) is 0. The molecule has 4 rings (SSSR count). The maximum atomic E-state index is 5.48. The molecule has 4 nitrogen and oxygen atoms in total. The van der Waals surface area contributed by atoms with Crippen LogP contribution in [0.25, 0.3) is 0 Å². The van der Waals surface area contributed by atoms with E-state index < -0.39 is 0 Å². The van der Waals surface area contributed by atoms with Crippen LogP contribution >= 0.6 is 21.6 Å². The first kappa shape index (κ1) is 15.6. The Morgan fingerprint density at radius 1 is 0.625 bits per heavy atom. The number of ether oxygens (including phenoxy) is 2. The lowest BCUT2D eigenvalue weighted by Gasteiger charge is -2.05. The van der Waals surface area contributed by atoms with E-state index >= 15 is 0 Å². The average molecular weight is 356 g/mol. The van der Waals surface area contributed by atoms with E-state index in [1.807, 2.05) is 0 Å². The monoisotopic (exact) mass is 356 g/mol. The molecule has 0 unspecified atom stereocenters. The Kier molecular flexibility index (Phi) is 4.76. The summed E-state index contributed by atoms with van der Waals surface area (Å²) in [5, 5.41) is 0. The predicted molar refractivity (Wildman–Crippen MR) is 99.3 cm³/mol. The Morgan fingerprint density at radius 2 is 1.04 bits per heavy atom. The van der Waals surface area contributed by atoms with E-state index in [0.717, 1.165) is 36.0 Å². The maximum absolute atomic E-state index is 5.48. The van der Waals surface area contributed by atoms with Gasteiger partial charge in [0.1, 0.15) is 13.2 Å². The van der Waals surface area contributed by atoms with E-state index in [1.165, 1.54) is 9.79 Å². The highest BCUT2D eigenvalue weighted by Crippen LogP contribution is 2.37. The Hall–Kier alpha value is -1.92. The van der Waals surface area contributed by atoms with Crippen molar-refractivity contribution in [2.75, 3.05) is 26.3 Å². The van der Waals surface area contributed by atoms with Gasteiger partial charge in [0.15, 0.2) is 0 Å². The van der Waals surface area contributed by atoms with Crippen LogP contribution in [0, 0.1) is 0 Å². The first-order chi connectivity index (χ1) is 11.9. The molecule has 0 spiro atoms. The van der Waals surface area contributed by atoms with E-state index in [4.69, 9.17) is 9.47 Å². The van der Waals surface area contributed by atoms with Gasteiger partial charge in [0.2, 0.25) is 11.8 Å². The van der Waals surface area contributed by atoms with Gasteiger partial charge in [0, 0.05) is 20.9 Å². The third-order valence-electron chi connectivity index (χ3n) is 3.61. The maximum Gasteiger partial charge on any atom is 0.216 e. The first-order valence-electron chi connectivity index (χ1n) is 7.78. The molecule has 0 amide bonds. The summed E-state index contributed by atoms with van der Waals surface area (Å²) < 4.78 is 11.0. The molecule has 2 aliphatic rings. The van der Waals surface area contributed by atoms with Crippen LogP contribution in [0.5, 0.6) is 0 Å². The van der Waals surface area contributed by atoms with Crippen LogP contribution in [0.2, 0.25) is 0 Å². The zero-order chi connectivity index (χ0) is 16.2. The third-order valence-corrected chi connectivity index (χ3v) is 6.02. The highest BCUT2D eigenvalue weighted by molar-refractivity contribution is 8.76. The van der Waals surface area contributed by atoms with E-state index in [9.17, 15) is 0 Å². The SMILES string of the molecule is c1cc(C2=NCCO2)ccc1SSc1ccc(C2=NCCO2)cc1. The molecule has 0 atom stereocenters. The molecule has 0 aromatic heterocycles. The predicted octanol–water partition coefficient (Wildman–Crippen LogP) is 4.04. The quantitative estimate of drug-likeness (QED) is 0.759. The second kappa shape index (κ2) is 7.32. The minimum atomic E-state index is 0.690. The summed E-state index contributed by atoms with van der Waals surface area (Å²) in [6.45, 7) is 2.90. The van der Waals surface area contributed by atoms with Gasteiger partial charge in [-0.3, -0.25) is 0 Å². The minimum absolute atomic E-state index is 0.690. The molecule has 0 aliphatic carbocycles. The van der Waals surface area contributed by atoms with Crippen molar-refractivity contribution >= 4 is 33.4 Å². The second-order valence-corrected chi connectivity index (χ2v) is 7.56. The number of benzene rings is 2. The van der Waals surface area contributed by atoms with E-state index in [0.29, 0.717) is 13.2 Å². The molecule has 0 radical (unpaired) electrons. The summed E-state index contributed by atoms with van der Waals surface area (Å²) >= 11 is 0. The van der Waals surface area contributed by atoms with Gasteiger partial charge < -0.3 is 9.47 Å². The Balaban J connectivity index is 1.36. The molecule has 2 aromatic carbocycles. The molecule has 122 valence electrons. The van der Waals surface area contributed by atoms with Crippen LogP contribution in [0.1, 0.15) is 11.1 Å². The van der Waals surface area contributed by atoms with Crippen LogP contribution in [0.3, 0.4) is 0 Å². The van der Waals surface area contributed by atoms with Crippen LogP contribution in [0.15, 0.2) is 68.3 Å². The highest BCUT2D eigenvalue weighted by atomic mass is 33.1. The molecular weight excluding hydrogens is 340 g/mol. The summed E-state index contributed by atoms with van der Waals surface area (Å²) in [4.78, 5) is 11.1. The standard InChI is InChI=1S/C18H16N2O2S2/c1-5-15(6-2-13(1)17-19-9-11-21-17)23-24-16-7-3-14(4-8-16)18-20-10-12-22-18/h1-8H,9-12H2. The lowest BCUT2D eigenvalue weighted by atomic mass is 10.2. The van der Waals surface area contributed by atoms with Crippen molar-refractivity contribution in [1.82, 2.24) is 0 Å². The number of hydrogen-bond acceptors (Lipinski definition) is 6. The Morgan fingerprint density at radius 3 is 1.38 bits per heavy atom. The van der Waals surface area contributed by atoms with Gasteiger partial charge in [-0.1, -0.05) is 21.6 Å². The largest absolute Gasteiger partial charge is 0.476 e. The Labute approximate surface area is 148 Å². The Bertz CT molecular complexity index is 703. The summed E-state index contributed by atoms with van der Waals surface area (Å²) in [5.74, 6) is 1.51. The molecule has 0 saturated carbocycles. The first-order valence-corrected chi connectivity index (χ1v) is 9.93. The van der Waals surface area contributed by atoms with Gasteiger partial charge in [-0.15, -0.1) is 0 Å². The summed E-state index contributed by atoms with van der Waals surface area (Å²) in [7, 11) is 3.47. The summed E-state index contributed by atoms with van der Waals surface area (Å²) in [5.41, 5.74) is 2.09. The number of aliphatic imine (C=N–C) groups is 2. The van der Waals surface area contributed by atoms with Crippen molar-refractivity contribution in [1.29, 1.82) is 0 Å². The second-order valence-electron chi connectivity index (χ2n) is 5.29. The van der Waals surface area contributed by atoms with E-state index in [2.05, 4.69) is 58.5 Å². The van der Waals surface area contributed by atoms with Crippen molar-refractivity contribution in [3.05, 3.63) is 59.7 Å². The smallest absolute Gasteiger partial charge is 0.216 e. The van der Waals surface area contributed by atoms with Gasteiger partial charge in [0.25, 0.3) is 0 Å². The van der Waals surface area contributed by atoms with Crippen molar-refractivity contribution in [3.63, 3.8) is 0 Å². The molecule has 0 N–H and O–H groups in total. The van der Waals surface area contributed by atoms with Crippen molar-refractivity contribution in [3.8, 4) is 0 Å². The molecule has 0 saturated heterocycles.